The van der Waals surface area contributed by atoms with Gasteiger partial charge in [0.25, 0.3) is 5.91 Å². The van der Waals surface area contributed by atoms with Gasteiger partial charge in [-0.25, -0.2) is 0 Å². The average Bonchev–Trinajstić information content (AvgIpc) is 2.97. The molecule has 1 aliphatic heterocycles. The monoisotopic (exact) mass is 382 g/mol. The zero-order chi connectivity index (χ0) is 19.1. The van der Waals surface area contributed by atoms with Crippen LogP contribution < -0.4 is 5.32 Å². The van der Waals surface area contributed by atoms with E-state index in [1.807, 2.05) is 29.2 Å². The van der Waals surface area contributed by atoms with Gasteiger partial charge in [-0.1, -0.05) is 48.7 Å². The van der Waals surface area contributed by atoms with Gasteiger partial charge in [0.1, 0.15) is 0 Å². The van der Waals surface area contributed by atoms with Crippen LogP contribution in [0.2, 0.25) is 5.02 Å². The Bertz CT molecular complexity index is 822. The van der Waals surface area contributed by atoms with Crippen molar-refractivity contribution < 1.29 is 9.59 Å². The fourth-order valence-corrected chi connectivity index (χ4v) is 3.27. The van der Waals surface area contributed by atoms with E-state index in [0.717, 1.165) is 44.3 Å². The molecule has 1 heterocycles. The molecule has 5 heteroatoms. The van der Waals surface area contributed by atoms with E-state index in [0.29, 0.717) is 16.3 Å². The van der Waals surface area contributed by atoms with E-state index in [1.54, 1.807) is 30.3 Å². The number of halogens is 1. The predicted molar refractivity (Wildman–Crippen MR) is 110 cm³/mol. The third-order valence-corrected chi connectivity index (χ3v) is 4.86. The highest BCUT2D eigenvalue weighted by Crippen LogP contribution is 2.20. The highest BCUT2D eigenvalue weighted by molar-refractivity contribution is 6.30. The predicted octanol–water partition coefficient (Wildman–Crippen LogP) is 5.01. The second-order valence-electron chi connectivity index (χ2n) is 6.63. The van der Waals surface area contributed by atoms with Crippen molar-refractivity contribution in [3.05, 3.63) is 70.8 Å². The van der Waals surface area contributed by atoms with Crippen LogP contribution in [-0.4, -0.2) is 29.8 Å². The Balaban J connectivity index is 1.70. The summed E-state index contributed by atoms with van der Waals surface area (Å²) in [6.45, 7) is 1.55. The normalized spacial score (nSPS) is 14.8. The third-order valence-electron chi connectivity index (χ3n) is 4.61. The lowest BCUT2D eigenvalue weighted by Gasteiger charge is -2.21. The molecule has 2 aromatic carbocycles. The third kappa shape index (κ3) is 5.44. The van der Waals surface area contributed by atoms with Crippen molar-refractivity contribution in [1.29, 1.82) is 0 Å². The first-order chi connectivity index (χ1) is 13.1. The minimum atomic E-state index is -0.277. The van der Waals surface area contributed by atoms with Crippen molar-refractivity contribution in [1.82, 2.24) is 4.90 Å². The molecule has 0 unspecified atom stereocenters. The number of carbonyl (C=O) groups is 2. The number of nitrogens with one attached hydrogen (secondary N) is 1. The van der Waals surface area contributed by atoms with Gasteiger partial charge in [0.2, 0.25) is 5.91 Å². The molecule has 0 aromatic heterocycles. The lowest BCUT2D eigenvalue weighted by Crippen LogP contribution is -2.32. The van der Waals surface area contributed by atoms with E-state index in [2.05, 4.69) is 5.32 Å². The molecular weight excluding hydrogens is 360 g/mol. The van der Waals surface area contributed by atoms with Crippen LogP contribution in [-0.2, 0) is 4.79 Å². The molecule has 1 aliphatic rings. The van der Waals surface area contributed by atoms with Crippen LogP contribution in [0.1, 0.15) is 41.6 Å². The van der Waals surface area contributed by atoms with Gasteiger partial charge < -0.3 is 10.2 Å². The maximum absolute atomic E-state index is 12.9. The lowest BCUT2D eigenvalue weighted by molar-refractivity contribution is -0.111. The Morgan fingerprint density at radius 1 is 0.926 bits per heavy atom. The summed E-state index contributed by atoms with van der Waals surface area (Å²) >= 11 is 5.86. The number of likely N-dealkylation sites (tertiary alicyclic amines) is 1. The van der Waals surface area contributed by atoms with E-state index < -0.39 is 0 Å². The molecule has 4 nitrogen and oxygen atoms in total. The number of nitrogens with zero attached hydrogens (tertiary/aromatic N) is 1. The van der Waals surface area contributed by atoms with Gasteiger partial charge in [-0.3, -0.25) is 9.59 Å². The minimum absolute atomic E-state index is 0.0190. The zero-order valence-electron chi connectivity index (χ0n) is 15.2. The van der Waals surface area contributed by atoms with Crippen LogP contribution in [0, 0.1) is 0 Å². The van der Waals surface area contributed by atoms with E-state index in [-0.39, 0.29) is 11.8 Å². The van der Waals surface area contributed by atoms with Crippen LogP contribution >= 0.6 is 11.6 Å². The Kier molecular flexibility index (Phi) is 6.66. The summed E-state index contributed by atoms with van der Waals surface area (Å²) in [4.78, 5) is 27.1. The van der Waals surface area contributed by atoms with Crippen LogP contribution in [0.3, 0.4) is 0 Å². The number of para-hydroxylation sites is 1. The maximum Gasteiger partial charge on any atom is 0.255 e. The number of benzene rings is 2. The van der Waals surface area contributed by atoms with Gasteiger partial charge in [0, 0.05) is 24.2 Å². The van der Waals surface area contributed by atoms with E-state index in [1.165, 1.54) is 6.08 Å². The lowest BCUT2D eigenvalue weighted by atomic mass is 10.1. The summed E-state index contributed by atoms with van der Waals surface area (Å²) in [5.41, 5.74) is 1.95. The van der Waals surface area contributed by atoms with Gasteiger partial charge in [-0.05, 0) is 48.7 Å². The Labute approximate surface area is 164 Å². The van der Waals surface area contributed by atoms with Crippen molar-refractivity contribution in [2.75, 3.05) is 18.4 Å². The van der Waals surface area contributed by atoms with Gasteiger partial charge in [0.05, 0.1) is 11.3 Å². The highest BCUT2D eigenvalue weighted by Gasteiger charge is 2.20. The largest absolute Gasteiger partial charge is 0.339 e. The number of amides is 2. The molecule has 1 N–H and O–H groups in total. The van der Waals surface area contributed by atoms with Gasteiger partial charge in [-0.2, -0.15) is 0 Å². The molecule has 1 fully saturated rings. The Hall–Kier alpha value is -2.59. The minimum Gasteiger partial charge on any atom is -0.339 e. The SMILES string of the molecule is O=C(/C=C/c1ccc(Cl)cc1)Nc1ccccc1C(=O)N1CCCCCC1. The topological polar surface area (TPSA) is 49.4 Å². The second-order valence-corrected chi connectivity index (χ2v) is 7.06. The molecule has 2 amide bonds. The van der Waals surface area contributed by atoms with Gasteiger partial charge >= 0.3 is 0 Å². The number of carbonyl (C=O) groups excluding carboxylic acids is 2. The summed E-state index contributed by atoms with van der Waals surface area (Å²) in [7, 11) is 0. The highest BCUT2D eigenvalue weighted by atomic mass is 35.5. The van der Waals surface area contributed by atoms with Crippen LogP contribution in [0.25, 0.3) is 6.08 Å². The molecule has 1 saturated heterocycles. The number of anilines is 1. The van der Waals surface area contributed by atoms with Crippen molar-refractivity contribution in [2.24, 2.45) is 0 Å². The maximum atomic E-state index is 12.9. The van der Waals surface area contributed by atoms with Crippen molar-refractivity contribution in [3.63, 3.8) is 0 Å². The van der Waals surface area contributed by atoms with Crippen LogP contribution in [0.4, 0.5) is 5.69 Å². The van der Waals surface area contributed by atoms with E-state index in [4.69, 9.17) is 11.6 Å². The summed E-state index contributed by atoms with van der Waals surface area (Å²) in [5, 5.41) is 3.48. The molecule has 3 rings (SSSR count). The molecule has 2 aromatic rings. The summed E-state index contributed by atoms with van der Waals surface area (Å²) in [6.07, 6.45) is 7.56. The first-order valence-corrected chi connectivity index (χ1v) is 9.64. The fraction of sp³-hybridized carbons (Fsp3) is 0.273. The summed E-state index contributed by atoms with van der Waals surface area (Å²) in [5.74, 6) is -0.296. The fourth-order valence-electron chi connectivity index (χ4n) is 3.14. The number of hydrogen-bond donors (Lipinski definition) is 1. The summed E-state index contributed by atoms with van der Waals surface area (Å²) < 4.78 is 0. The quantitative estimate of drug-likeness (QED) is 0.756. The van der Waals surface area contributed by atoms with Crippen LogP contribution in [0.5, 0.6) is 0 Å². The Morgan fingerprint density at radius 3 is 2.30 bits per heavy atom. The van der Waals surface area contributed by atoms with E-state index >= 15 is 0 Å². The standard InChI is InChI=1S/C22H23ClN2O2/c23-18-12-9-17(10-13-18)11-14-21(26)24-20-8-4-3-7-19(20)22(27)25-15-5-1-2-6-16-25/h3-4,7-14H,1-2,5-6,15-16H2,(H,24,26)/b14-11+. The first-order valence-electron chi connectivity index (χ1n) is 9.26. The smallest absolute Gasteiger partial charge is 0.255 e. The molecule has 140 valence electrons. The van der Waals surface area contributed by atoms with Crippen molar-refractivity contribution in [2.45, 2.75) is 25.7 Å². The van der Waals surface area contributed by atoms with Gasteiger partial charge in [0.15, 0.2) is 0 Å². The molecular formula is C22H23ClN2O2. The van der Waals surface area contributed by atoms with Gasteiger partial charge in [-0.15, -0.1) is 0 Å². The zero-order valence-corrected chi connectivity index (χ0v) is 15.9. The molecule has 27 heavy (non-hydrogen) atoms. The van der Waals surface area contributed by atoms with Crippen LogP contribution in [0.15, 0.2) is 54.6 Å². The number of hydrogen-bond acceptors (Lipinski definition) is 2. The molecule has 0 atom stereocenters. The van der Waals surface area contributed by atoms with Crippen molar-refractivity contribution in [3.8, 4) is 0 Å². The molecule has 0 spiro atoms. The molecule has 0 saturated carbocycles. The number of rotatable bonds is 4. The summed E-state index contributed by atoms with van der Waals surface area (Å²) in [6, 6.07) is 14.4. The molecule has 0 bridgehead atoms. The first kappa shape index (κ1) is 19.2. The van der Waals surface area contributed by atoms with E-state index in [9.17, 15) is 9.59 Å². The molecule has 0 radical (unpaired) electrons. The molecule has 0 aliphatic carbocycles. The van der Waals surface area contributed by atoms with Crippen molar-refractivity contribution >= 4 is 35.2 Å². The Morgan fingerprint density at radius 2 is 1.59 bits per heavy atom. The second kappa shape index (κ2) is 9.38. The average molecular weight is 383 g/mol.